The molecule has 2 aliphatic rings. The molecule has 0 atom stereocenters. The first kappa shape index (κ1) is 16.3. The van der Waals surface area contributed by atoms with Gasteiger partial charge in [-0.3, -0.25) is 4.79 Å². The van der Waals surface area contributed by atoms with Crippen LogP contribution in [0.5, 0.6) is 0 Å². The number of nitrogens with zero attached hydrogens (tertiary/aromatic N) is 5. The van der Waals surface area contributed by atoms with Crippen molar-refractivity contribution in [1.82, 2.24) is 20.0 Å². The second-order valence-corrected chi connectivity index (χ2v) is 7.06. The normalized spacial score (nSPS) is 19.4. The number of benzene rings is 1. The second kappa shape index (κ2) is 6.96. The van der Waals surface area contributed by atoms with Crippen molar-refractivity contribution in [2.75, 3.05) is 51.2 Å². The highest BCUT2D eigenvalue weighted by Gasteiger charge is 2.25. The topological polar surface area (TPSA) is 52.6 Å². The van der Waals surface area contributed by atoms with E-state index in [1.165, 1.54) is 19.3 Å². The number of piperidine rings is 1. The Balaban J connectivity index is 1.69. The van der Waals surface area contributed by atoms with Crippen molar-refractivity contribution in [2.45, 2.75) is 19.3 Å². The highest BCUT2D eigenvalue weighted by Crippen LogP contribution is 2.28. The standard InChI is InChI=1S/C19H25N5O/c1-22-11-13-24(14-12-22)19(25)17-15-7-3-4-8-16(15)18(21-20-17)23-9-5-2-6-10-23/h3-4,7-8H,2,5-6,9-14H2,1H3. The van der Waals surface area contributed by atoms with Crippen LogP contribution < -0.4 is 4.90 Å². The predicted octanol–water partition coefficient (Wildman–Crippen LogP) is 2.01. The summed E-state index contributed by atoms with van der Waals surface area (Å²) in [5.74, 6) is 0.923. The first-order valence-electron chi connectivity index (χ1n) is 9.22. The number of carbonyl (C=O) groups is 1. The lowest BCUT2D eigenvalue weighted by molar-refractivity contribution is 0.0659. The zero-order valence-electron chi connectivity index (χ0n) is 14.8. The molecule has 0 N–H and O–H groups in total. The van der Waals surface area contributed by atoms with Crippen molar-refractivity contribution in [2.24, 2.45) is 0 Å². The lowest BCUT2D eigenvalue weighted by Gasteiger charge is -2.32. The van der Waals surface area contributed by atoms with E-state index in [1.807, 2.05) is 23.1 Å². The van der Waals surface area contributed by atoms with Gasteiger partial charge in [-0.05, 0) is 26.3 Å². The predicted molar refractivity (Wildman–Crippen MR) is 99.0 cm³/mol. The van der Waals surface area contributed by atoms with E-state index in [2.05, 4.69) is 33.1 Å². The van der Waals surface area contributed by atoms with E-state index in [1.54, 1.807) is 0 Å². The van der Waals surface area contributed by atoms with Gasteiger partial charge in [0.1, 0.15) is 0 Å². The first-order valence-corrected chi connectivity index (χ1v) is 9.22. The number of piperazine rings is 1. The van der Waals surface area contributed by atoms with E-state index in [9.17, 15) is 4.79 Å². The molecule has 0 spiro atoms. The van der Waals surface area contributed by atoms with Gasteiger partial charge in [-0.1, -0.05) is 24.3 Å². The fourth-order valence-electron chi connectivity index (χ4n) is 3.75. The van der Waals surface area contributed by atoms with E-state index in [-0.39, 0.29) is 5.91 Å². The molecule has 0 radical (unpaired) electrons. The van der Waals surface area contributed by atoms with Crippen LogP contribution in [-0.2, 0) is 0 Å². The van der Waals surface area contributed by atoms with Crippen LogP contribution in [0, 0.1) is 0 Å². The molecule has 2 saturated heterocycles. The Bertz CT molecular complexity index is 763. The first-order chi connectivity index (χ1) is 12.2. The summed E-state index contributed by atoms with van der Waals surface area (Å²) in [6.45, 7) is 5.35. The Morgan fingerprint density at radius 3 is 2.28 bits per heavy atom. The van der Waals surface area contributed by atoms with Crippen LogP contribution in [0.15, 0.2) is 24.3 Å². The van der Waals surface area contributed by atoms with E-state index in [4.69, 9.17) is 0 Å². The number of anilines is 1. The molecule has 1 amide bonds. The van der Waals surface area contributed by atoms with Crippen molar-refractivity contribution < 1.29 is 4.79 Å². The Labute approximate surface area is 148 Å². The highest BCUT2D eigenvalue weighted by molar-refractivity contribution is 6.07. The van der Waals surface area contributed by atoms with Crippen LogP contribution in [0.3, 0.4) is 0 Å². The smallest absolute Gasteiger partial charge is 0.275 e. The molecular weight excluding hydrogens is 314 g/mol. The number of fused-ring (bicyclic) bond motifs is 1. The fourth-order valence-corrected chi connectivity index (χ4v) is 3.75. The monoisotopic (exact) mass is 339 g/mol. The van der Waals surface area contributed by atoms with Crippen molar-refractivity contribution in [3.63, 3.8) is 0 Å². The summed E-state index contributed by atoms with van der Waals surface area (Å²) in [4.78, 5) is 19.5. The highest BCUT2D eigenvalue weighted by atomic mass is 16.2. The maximum atomic E-state index is 13.0. The van der Waals surface area contributed by atoms with Crippen LogP contribution in [0.4, 0.5) is 5.82 Å². The van der Waals surface area contributed by atoms with Gasteiger partial charge in [-0.25, -0.2) is 0 Å². The zero-order chi connectivity index (χ0) is 17.2. The van der Waals surface area contributed by atoms with Crippen LogP contribution in [0.25, 0.3) is 10.8 Å². The third-order valence-electron chi connectivity index (χ3n) is 5.32. The number of amides is 1. The molecule has 0 bridgehead atoms. The van der Waals surface area contributed by atoms with Crippen molar-refractivity contribution >= 4 is 22.5 Å². The molecule has 1 aromatic carbocycles. The SMILES string of the molecule is CN1CCN(C(=O)c2nnc(N3CCCCC3)c3ccccc23)CC1. The minimum absolute atomic E-state index is 0.00185. The number of likely N-dealkylation sites (N-methyl/N-ethyl adjacent to an activating group) is 1. The minimum atomic E-state index is 0.00185. The molecule has 3 heterocycles. The van der Waals surface area contributed by atoms with Gasteiger partial charge >= 0.3 is 0 Å². The molecule has 4 rings (SSSR count). The van der Waals surface area contributed by atoms with Gasteiger partial charge < -0.3 is 14.7 Å². The molecule has 1 aromatic heterocycles. The fraction of sp³-hybridized carbons (Fsp3) is 0.526. The lowest BCUT2D eigenvalue weighted by Crippen LogP contribution is -2.47. The zero-order valence-corrected chi connectivity index (χ0v) is 14.8. The third-order valence-corrected chi connectivity index (χ3v) is 5.32. The number of hydrogen-bond acceptors (Lipinski definition) is 5. The average Bonchev–Trinajstić information content (AvgIpc) is 2.68. The van der Waals surface area contributed by atoms with Crippen molar-refractivity contribution in [3.05, 3.63) is 30.0 Å². The summed E-state index contributed by atoms with van der Waals surface area (Å²) in [6.07, 6.45) is 3.66. The third kappa shape index (κ3) is 3.18. The molecule has 2 aliphatic heterocycles. The summed E-state index contributed by atoms with van der Waals surface area (Å²) in [6, 6.07) is 8.06. The summed E-state index contributed by atoms with van der Waals surface area (Å²) in [5.41, 5.74) is 0.487. The van der Waals surface area contributed by atoms with Gasteiger partial charge in [0.05, 0.1) is 0 Å². The largest absolute Gasteiger partial charge is 0.355 e. The van der Waals surface area contributed by atoms with Crippen molar-refractivity contribution in [3.8, 4) is 0 Å². The molecule has 2 aromatic rings. The molecule has 25 heavy (non-hydrogen) atoms. The van der Waals surface area contributed by atoms with Gasteiger partial charge in [0.2, 0.25) is 0 Å². The van der Waals surface area contributed by atoms with Crippen LogP contribution in [-0.4, -0.2) is 72.2 Å². The molecule has 6 heteroatoms. The van der Waals surface area contributed by atoms with E-state index in [0.29, 0.717) is 5.69 Å². The van der Waals surface area contributed by atoms with Crippen LogP contribution >= 0.6 is 0 Å². The quantitative estimate of drug-likeness (QED) is 0.838. The molecule has 0 aliphatic carbocycles. The Morgan fingerprint density at radius 1 is 0.880 bits per heavy atom. The summed E-state index contributed by atoms with van der Waals surface area (Å²) >= 11 is 0. The van der Waals surface area contributed by atoms with Gasteiger partial charge in [-0.15, -0.1) is 10.2 Å². The molecule has 132 valence electrons. The maximum Gasteiger partial charge on any atom is 0.275 e. The second-order valence-electron chi connectivity index (χ2n) is 7.06. The summed E-state index contributed by atoms with van der Waals surface area (Å²) in [5, 5.41) is 10.8. The summed E-state index contributed by atoms with van der Waals surface area (Å²) < 4.78 is 0. The van der Waals surface area contributed by atoms with Gasteiger partial charge in [-0.2, -0.15) is 0 Å². The molecule has 0 saturated carbocycles. The van der Waals surface area contributed by atoms with Gasteiger partial charge in [0.25, 0.3) is 5.91 Å². The molecule has 2 fully saturated rings. The van der Waals surface area contributed by atoms with Crippen molar-refractivity contribution in [1.29, 1.82) is 0 Å². The molecular formula is C19H25N5O. The number of hydrogen-bond donors (Lipinski definition) is 0. The van der Waals surface area contributed by atoms with E-state index < -0.39 is 0 Å². The lowest BCUT2D eigenvalue weighted by atomic mass is 10.1. The van der Waals surface area contributed by atoms with E-state index in [0.717, 1.165) is 55.9 Å². The molecule has 6 nitrogen and oxygen atoms in total. The summed E-state index contributed by atoms with van der Waals surface area (Å²) in [7, 11) is 2.09. The Hall–Kier alpha value is -2.21. The number of rotatable bonds is 2. The van der Waals surface area contributed by atoms with Crippen LogP contribution in [0.2, 0.25) is 0 Å². The number of aromatic nitrogens is 2. The molecule has 0 unspecified atom stereocenters. The van der Waals surface area contributed by atoms with Gasteiger partial charge in [0, 0.05) is 50.0 Å². The number of carbonyl (C=O) groups excluding carboxylic acids is 1. The minimum Gasteiger partial charge on any atom is -0.355 e. The van der Waals surface area contributed by atoms with E-state index >= 15 is 0 Å². The maximum absolute atomic E-state index is 13.0. The Morgan fingerprint density at radius 2 is 1.56 bits per heavy atom. The van der Waals surface area contributed by atoms with Crippen LogP contribution in [0.1, 0.15) is 29.8 Å². The average molecular weight is 339 g/mol. The Kier molecular flexibility index (Phi) is 4.53. The van der Waals surface area contributed by atoms with Gasteiger partial charge in [0.15, 0.2) is 11.5 Å².